The van der Waals surface area contributed by atoms with Gasteiger partial charge in [-0.15, -0.1) is 0 Å². The number of amides is 1. The van der Waals surface area contributed by atoms with E-state index < -0.39 is 0 Å². The van der Waals surface area contributed by atoms with Crippen LogP contribution < -0.4 is 4.90 Å². The summed E-state index contributed by atoms with van der Waals surface area (Å²) in [4.78, 5) is 37.1. The Hall–Kier alpha value is -3.03. The van der Waals surface area contributed by atoms with E-state index in [2.05, 4.69) is 29.8 Å². The van der Waals surface area contributed by atoms with Crippen molar-refractivity contribution in [2.24, 2.45) is 5.92 Å². The lowest BCUT2D eigenvalue weighted by atomic mass is 9.93. The molecule has 0 unspecified atom stereocenters. The van der Waals surface area contributed by atoms with Crippen molar-refractivity contribution >= 4 is 22.9 Å². The minimum Gasteiger partial charge on any atom is -0.354 e. The molecule has 1 aliphatic rings. The largest absolute Gasteiger partial charge is 0.354 e. The summed E-state index contributed by atoms with van der Waals surface area (Å²) < 4.78 is 0. The molecule has 1 saturated heterocycles. The molecule has 0 spiro atoms. The number of aromatic amines is 1. The van der Waals surface area contributed by atoms with Crippen LogP contribution in [0.3, 0.4) is 0 Å². The summed E-state index contributed by atoms with van der Waals surface area (Å²) in [6, 6.07) is 5.89. The number of piperidine rings is 1. The second kappa shape index (κ2) is 8.98. The van der Waals surface area contributed by atoms with E-state index in [-0.39, 0.29) is 5.91 Å². The lowest BCUT2D eigenvalue weighted by Gasteiger charge is -2.33. The monoisotopic (exact) mass is 393 g/mol. The molecule has 152 valence electrons. The van der Waals surface area contributed by atoms with Crippen LogP contribution in [0.25, 0.3) is 11.2 Å². The van der Waals surface area contributed by atoms with Crippen molar-refractivity contribution in [3.05, 3.63) is 42.7 Å². The second-order valence-corrected chi connectivity index (χ2v) is 7.68. The topological polar surface area (TPSA) is 90.9 Å². The molecule has 1 N–H and O–H groups in total. The number of carbonyl (C=O) groups excluding carboxylic acids is 1. The normalized spacial score (nSPS) is 16.9. The van der Waals surface area contributed by atoms with Gasteiger partial charge >= 0.3 is 0 Å². The Morgan fingerprint density at radius 1 is 1.28 bits per heavy atom. The first-order valence-electron chi connectivity index (χ1n) is 10.2. The van der Waals surface area contributed by atoms with Crippen molar-refractivity contribution in [3.8, 4) is 0 Å². The molecule has 3 aromatic rings. The van der Waals surface area contributed by atoms with Crippen molar-refractivity contribution in [1.29, 1.82) is 0 Å². The molecular weight excluding hydrogens is 366 g/mol. The number of aromatic nitrogens is 5. The molecule has 4 rings (SSSR count). The molecular formula is C21H27N7O. The molecule has 4 heterocycles. The Morgan fingerprint density at radius 2 is 2.21 bits per heavy atom. The highest BCUT2D eigenvalue weighted by atomic mass is 16.2. The molecule has 0 aromatic carbocycles. The van der Waals surface area contributed by atoms with Crippen molar-refractivity contribution in [2.75, 3.05) is 31.6 Å². The van der Waals surface area contributed by atoms with E-state index >= 15 is 0 Å². The number of nitrogens with zero attached hydrogens (tertiary/aromatic N) is 6. The highest BCUT2D eigenvalue weighted by molar-refractivity contribution is 5.82. The third kappa shape index (κ3) is 4.70. The highest BCUT2D eigenvalue weighted by Crippen LogP contribution is 2.27. The Balaban J connectivity index is 1.28. The van der Waals surface area contributed by atoms with E-state index in [0.29, 0.717) is 24.5 Å². The Bertz CT molecular complexity index is 942. The molecule has 8 nitrogen and oxygen atoms in total. The fourth-order valence-electron chi connectivity index (χ4n) is 3.96. The van der Waals surface area contributed by atoms with Crippen LogP contribution in [-0.2, 0) is 11.2 Å². The van der Waals surface area contributed by atoms with Crippen LogP contribution in [-0.4, -0.2) is 62.4 Å². The predicted octanol–water partition coefficient (Wildman–Crippen LogP) is 2.45. The van der Waals surface area contributed by atoms with Gasteiger partial charge in [-0.3, -0.25) is 9.78 Å². The van der Waals surface area contributed by atoms with Gasteiger partial charge in [0, 0.05) is 51.4 Å². The second-order valence-electron chi connectivity index (χ2n) is 7.68. The van der Waals surface area contributed by atoms with Gasteiger partial charge in [-0.2, -0.15) is 0 Å². The number of H-pyrrole nitrogens is 1. The summed E-state index contributed by atoms with van der Waals surface area (Å²) in [6.45, 7) is 2.58. The van der Waals surface area contributed by atoms with E-state index in [0.717, 1.165) is 55.8 Å². The van der Waals surface area contributed by atoms with Crippen LogP contribution in [0.2, 0.25) is 0 Å². The smallest absolute Gasteiger partial charge is 0.222 e. The van der Waals surface area contributed by atoms with Crippen molar-refractivity contribution in [2.45, 2.75) is 32.1 Å². The molecule has 0 radical (unpaired) electrons. The van der Waals surface area contributed by atoms with Gasteiger partial charge in [0.25, 0.3) is 0 Å². The van der Waals surface area contributed by atoms with Crippen molar-refractivity contribution in [3.63, 3.8) is 0 Å². The van der Waals surface area contributed by atoms with E-state index in [1.807, 2.05) is 30.1 Å². The lowest BCUT2D eigenvalue weighted by Crippen LogP contribution is -2.37. The quantitative estimate of drug-likeness (QED) is 0.663. The summed E-state index contributed by atoms with van der Waals surface area (Å²) in [6.07, 6.45) is 9.55. The van der Waals surface area contributed by atoms with Crippen molar-refractivity contribution < 1.29 is 4.79 Å². The average Bonchev–Trinajstić information content (AvgIpc) is 3.25. The van der Waals surface area contributed by atoms with Gasteiger partial charge < -0.3 is 14.8 Å². The average molecular weight is 393 g/mol. The van der Waals surface area contributed by atoms with Gasteiger partial charge in [0.15, 0.2) is 11.5 Å². The van der Waals surface area contributed by atoms with Crippen molar-refractivity contribution in [1.82, 2.24) is 29.8 Å². The third-order valence-electron chi connectivity index (χ3n) is 5.64. The Morgan fingerprint density at radius 3 is 3.07 bits per heavy atom. The maximum absolute atomic E-state index is 12.6. The number of rotatable bonds is 7. The van der Waals surface area contributed by atoms with Crippen LogP contribution in [0.1, 0.15) is 31.4 Å². The molecule has 0 aliphatic carbocycles. The zero-order chi connectivity index (χ0) is 20.1. The van der Waals surface area contributed by atoms with E-state index in [9.17, 15) is 4.79 Å². The van der Waals surface area contributed by atoms with E-state index in [1.165, 1.54) is 0 Å². The van der Waals surface area contributed by atoms with Gasteiger partial charge in [0.1, 0.15) is 11.8 Å². The number of pyridine rings is 1. The van der Waals surface area contributed by atoms with Gasteiger partial charge in [-0.25, -0.2) is 15.0 Å². The molecule has 0 bridgehead atoms. The maximum Gasteiger partial charge on any atom is 0.222 e. The summed E-state index contributed by atoms with van der Waals surface area (Å²) in [5.74, 6) is 1.61. The minimum absolute atomic E-state index is 0.205. The van der Waals surface area contributed by atoms with Crippen LogP contribution >= 0.6 is 0 Å². The SMILES string of the molecule is CN(CCc1ccccn1)C(=O)CC[C@H]1CCCN(c2ncnc3nc[nH]c23)C1. The number of imidazole rings is 1. The number of anilines is 1. The number of hydrogen-bond acceptors (Lipinski definition) is 6. The molecule has 1 fully saturated rings. The first-order chi connectivity index (χ1) is 14.2. The zero-order valence-corrected chi connectivity index (χ0v) is 16.8. The minimum atomic E-state index is 0.205. The number of nitrogens with one attached hydrogen (secondary N) is 1. The number of hydrogen-bond donors (Lipinski definition) is 1. The van der Waals surface area contributed by atoms with Crippen LogP contribution in [0, 0.1) is 5.92 Å². The summed E-state index contributed by atoms with van der Waals surface area (Å²) in [7, 11) is 1.88. The van der Waals surface area contributed by atoms with Gasteiger partial charge in [-0.05, 0) is 37.3 Å². The molecule has 29 heavy (non-hydrogen) atoms. The van der Waals surface area contributed by atoms with Crippen LogP contribution in [0.4, 0.5) is 5.82 Å². The molecule has 0 saturated carbocycles. The third-order valence-corrected chi connectivity index (χ3v) is 5.64. The van der Waals surface area contributed by atoms with Crippen LogP contribution in [0.15, 0.2) is 37.1 Å². The number of likely N-dealkylation sites (N-methyl/N-ethyl adjacent to an activating group) is 1. The number of carbonyl (C=O) groups is 1. The first-order valence-corrected chi connectivity index (χ1v) is 10.2. The predicted molar refractivity (Wildman–Crippen MR) is 111 cm³/mol. The fraction of sp³-hybridized carbons (Fsp3) is 0.476. The standard InChI is InChI=1S/C21H27N7O/c1-27(12-9-17-6-2-3-10-22-17)18(29)8-7-16-5-4-11-28(13-16)21-19-20(24-14-23-19)25-15-26-21/h2-3,6,10,14-16H,4-5,7-9,11-13H2,1H3,(H,23,24,25,26)/t16-/m1/s1. The Labute approximate surface area is 170 Å². The number of fused-ring (bicyclic) bond motifs is 1. The summed E-state index contributed by atoms with van der Waals surface area (Å²) in [5.41, 5.74) is 2.60. The van der Waals surface area contributed by atoms with E-state index in [1.54, 1.807) is 18.9 Å². The van der Waals surface area contributed by atoms with Gasteiger partial charge in [0.2, 0.25) is 5.91 Å². The lowest BCUT2D eigenvalue weighted by molar-refractivity contribution is -0.130. The molecule has 3 aromatic heterocycles. The van der Waals surface area contributed by atoms with E-state index in [4.69, 9.17) is 0 Å². The zero-order valence-electron chi connectivity index (χ0n) is 16.8. The molecule has 1 amide bonds. The fourth-order valence-corrected chi connectivity index (χ4v) is 3.96. The summed E-state index contributed by atoms with van der Waals surface area (Å²) in [5, 5.41) is 0. The first kappa shape index (κ1) is 19.3. The highest BCUT2D eigenvalue weighted by Gasteiger charge is 2.24. The van der Waals surface area contributed by atoms with Gasteiger partial charge in [-0.1, -0.05) is 6.07 Å². The Kier molecular flexibility index (Phi) is 5.97. The summed E-state index contributed by atoms with van der Waals surface area (Å²) >= 11 is 0. The molecule has 1 aliphatic heterocycles. The molecule has 1 atom stereocenters. The molecule has 8 heteroatoms. The van der Waals surface area contributed by atoms with Gasteiger partial charge in [0.05, 0.1) is 6.33 Å². The maximum atomic E-state index is 12.6. The van der Waals surface area contributed by atoms with Crippen LogP contribution in [0.5, 0.6) is 0 Å².